The van der Waals surface area contributed by atoms with Crippen LogP contribution in [0.2, 0.25) is 0 Å². The molecule has 1 rings (SSSR count). The monoisotopic (exact) mass is 680 g/mol. The first-order valence-corrected chi connectivity index (χ1v) is 13.2. The SMILES string of the molecule is CC[S+](CC)c1ccc(C)cc1.O=S(=O)([O-])C(F)(F)C(F)(F)C(F)(F)C(F)(F)C(F)(F)C(F)(F)C(F)(F)C(F)(F)F. The lowest BCUT2D eigenvalue weighted by atomic mass is 9.91. The Morgan fingerprint density at radius 1 is 0.585 bits per heavy atom. The molecule has 41 heavy (non-hydrogen) atoms. The number of benzene rings is 1. The van der Waals surface area contributed by atoms with Crippen LogP contribution in [0.25, 0.3) is 0 Å². The Bertz CT molecular complexity index is 1130. The van der Waals surface area contributed by atoms with E-state index in [0.717, 1.165) is 0 Å². The van der Waals surface area contributed by atoms with Gasteiger partial charge in [0.25, 0.3) is 0 Å². The van der Waals surface area contributed by atoms with Gasteiger partial charge in [0.1, 0.15) is 11.5 Å². The zero-order chi connectivity index (χ0) is 33.5. The molecule has 0 spiro atoms. The summed E-state index contributed by atoms with van der Waals surface area (Å²) in [7, 11) is -7.65. The van der Waals surface area contributed by atoms with Crippen LogP contribution in [0.1, 0.15) is 19.4 Å². The van der Waals surface area contributed by atoms with Gasteiger partial charge < -0.3 is 4.55 Å². The van der Waals surface area contributed by atoms with Crippen LogP contribution in [0.4, 0.5) is 74.6 Å². The predicted octanol–water partition coefficient (Wildman–Crippen LogP) is 7.51. The van der Waals surface area contributed by atoms with E-state index in [9.17, 15) is 87.6 Å². The molecule has 0 atom stereocenters. The van der Waals surface area contributed by atoms with E-state index in [2.05, 4.69) is 45.0 Å². The highest BCUT2D eigenvalue weighted by atomic mass is 32.2. The molecule has 0 unspecified atom stereocenters. The largest absolute Gasteiger partial charge is 0.743 e. The van der Waals surface area contributed by atoms with Crippen molar-refractivity contribution < 1.29 is 87.6 Å². The van der Waals surface area contributed by atoms with Crippen LogP contribution in [0.15, 0.2) is 29.2 Å². The van der Waals surface area contributed by atoms with Crippen molar-refractivity contribution in [1.82, 2.24) is 0 Å². The maximum atomic E-state index is 13.0. The Morgan fingerprint density at radius 2 is 0.878 bits per heavy atom. The third-order valence-corrected chi connectivity index (χ3v) is 8.28. The molecule has 0 saturated heterocycles. The first-order chi connectivity index (χ1) is 17.8. The second-order valence-electron chi connectivity index (χ2n) is 7.80. The van der Waals surface area contributed by atoms with Crippen molar-refractivity contribution >= 4 is 21.0 Å². The van der Waals surface area contributed by atoms with Crippen molar-refractivity contribution in [2.24, 2.45) is 0 Å². The zero-order valence-electron chi connectivity index (χ0n) is 20.2. The van der Waals surface area contributed by atoms with Crippen LogP contribution < -0.4 is 0 Å². The van der Waals surface area contributed by atoms with Gasteiger partial charge in [0, 0.05) is 10.9 Å². The summed E-state index contributed by atoms with van der Waals surface area (Å²) in [6, 6.07) is 8.96. The fourth-order valence-corrected chi connectivity index (χ4v) is 4.61. The number of halogens is 17. The van der Waals surface area contributed by atoms with Crippen molar-refractivity contribution in [3.63, 3.8) is 0 Å². The van der Waals surface area contributed by atoms with Crippen molar-refractivity contribution in [2.75, 3.05) is 11.5 Å². The summed E-state index contributed by atoms with van der Waals surface area (Å²) in [5.41, 5.74) is 1.36. The van der Waals surface area contributed by atoms with Gasteiger partial charge in [0.15, 0.2) is 15.0 Å². The Morgan fingerprint density at radius 3 is 1.15 bits per heavy atom. The van der Waals surface area contributed by atoms with E-state index < -0.39 is 57.1 Å². The molecule has 0 aliphatic rings. The van der Waals surface area contributed by atoms with Crippen LogP contribution in [-0.4, -0.2) is 71.4 Å². The van der Waals surface area contributed by atoms with Gasteiger partial charge in [0.05, 0.1) is 0 Å². The summed E-state index contributed by atoms with van der Waals surface area (Å²) in [5, 5.41) is -7.95. The minimum Gasteiger partial charge on any atom is -0.743 e. The van der Waals surface area contributed by atoms with Crippen molar-refractivity contribution in [1.29, 1.82) is 0 Å². The standard InChI is InChI=1S/C11H17S.C8HF17O3S/c1-4-12(5-2)11-8-6-10(3)7-9-11;9-1(10,3(13,14)5(17,18)7(21,22)23)2(11,12)4(15,16)6(19,20)8(24,25)29(26,27)28/h6-9H,4-5H2,1-3H3;(H,26,27,28)/q+1;/p-1. The van der Waals surface area contributed by atoms with Crippen LogP contribution in [0.5, 0.6) is 0 Å². The van der Waals surface area contributed by atoms with Gasteiger partial charge in [0.2, 0.25) is 0 Å². The Balaban J connectivity index is 0.00000110. The summed E-state index contributed by atoms with van der Waals surface area (Å²) in [5.74, 6) is -49.6. The van der Waals surface area contributed by atoms with Crippen LogP contribution in [0, 0.1) is 6.92 Å². The lowest BCUT2D eigenvalue weighted by Crippen LogP contribution is -2.75. The van der Waals surface area contributed by atoms with Gasteiger partial charge in [-0.3, -0.25) is 0 Å². The highest BCUT2D eigenvalue weighted by molar-refractivity contribution is 7.96. The summed E-state index contributed by atoms with van der Waals surface area (Å²) >= 11 is 0. The maximum absolute atomic E-state index is 13.0. The van der Waals surface area contributed by atoms with Gasteiger partial charge in [-0.05, 0) is 32.9 Å². The van der Waals surface area contributed by atoms with E-state index in [-0.39, 0.29) is 0 Å². The molecular weight excluding hydrogens is 663 g/mol. The first kappa shape index (κ1) is 39.3. The van der Waals surface area contributed by atoms with Crippen molar-refractivity contribution in [3.8, 4) is 0 Å². The maximum Gasteiger partial charge on any atom is 0.460 e. The van der Waals surface area contributed by atoms with Crippen molar-refractivity contribution in [3.05, 3.63) is 29.8 Å². The molecule has 0 N–H and O–H groups in total. The molecule has 0 saturated carbocycles. The third-order valence-electron chi connectivity index (χ3n) is 5.06. The second-order valence-corrected chi connectivity index (χ2v) is 11.8. The van der Waals surface area contributed by atoms with Gasteiger partial charge in [-0.1, -0.05) is 17.7 Å². The van der Waals surface area contributed by atoms with Crippen LogP contribution >= 0.6 is 0 Å². The van der Waals surface area contributed by atoms with E-state index in [0.29, 0.717) is 10.9 Å². The second kappa shape index (κ2) is 11.8. The quantitative estimate of drug-likeness (QED) is 0.146. The predicted molar refractivity (Wildman–Crippen MR) is 108 cm³/mol. The molecule has 0 aliphatic carbocycles. The molecule has 1 aromatic carbocycles. The highest BCUT2D eigenvalue weighted by Gasteiger charge is 2.95. The van der Waals surface area contributed by atoms with E-state index in [1.54, 1.807) is 0 Å². The molecule has 0 bridgehead atoms. The average Bonchev–Trinajstić information content (AvgIpc) is 2.79. The van der Waals surface area contributed by atoms with Gasteiger partial charge in [-0.25, -0.2) is 8.42 Å². The minimum atomic E-state index is -8.92. The van der Waals surface area contributed by atoms with Gasteiger partial charge >= 0.3 is 47.0 Å². The summed E-state index contributed by atoms with van der Waals surface area (Å²) in [6.45, 7) is 6.68. The molecule has 1 aromatic rings. The lowest BCUT2D eigenvalue weighted by molar-refractivity contribution is -0.458. The van der Waals surface area contributed by atoms with Gasteiger partial charge in [-0.2, -0.15) is 74.6 Å². The molecule has 0 aromatic heterocycles. The number of hydrogen-bond acceptors (Lipinski definition) is 3. The number of alkyl halides is 17. The van der Waals surface area contributed by atoms with Crippen molar-refractivity contribution in [2.45, 2.75) is 72.6 Å². The summed E-state index contributed by atoms with van der Waals surface area (Å²) < 4.78 is 244. The molecule has 0 radical (unpaired) electrons. The number of hydrogen-bond donors (Lipinski definition) is 0. The van der Waals surface area contributed by atoms with Crippen LogP contribution in [-0.2, 0) is 21.0 Å². The fourth-order valence-electron chi connectivity index (χ4n) is 2.57. The smallest absolute Gasteiger partial charge is 0.460 e. The van der Waals surface area contributed by atoms with E-state index in [4.69, 9.17) is 0 Å². The molecule has 0 fully saturated rings. The van der Waals surface area contributed by atoms with E-state index >= 15 is 0 Å². The van der Waals surface area contributed by atoms with E-state index in [1.165, 1.54) is 22.0 Å². The minimum absolute atomic E-state index is 0.490. The Hall–Kier alpha value is -1.71. The summed E-state index contributed by atoms with van der Waals surface area (Å²) in [6.07, 6.45) is -7.89. The number of rotatable bonds is 10. The molecule has 0 aliphatic heterocycles. The normalized spacial score (nSPS) is 15.1. The topological polar surface area (TPSA) is 57.2 Å². The zero-order valence-corrected chi connectivity index (χ0v) is 21.8. The molecule has 3 nitrogen and oxygen atoms in total. The molecule has 0 amide bonds. The average molecular weight is 680 g/mol. The third kappa shape index (κ3) is 6.47. The number of aryl methyl sites for hydroxylation is 1. The Kier molecular flexibility index (Phi) is 11.3. The molecule has 242 valence electrons. The molecule has 0 heterocycles. The molecular formula is C19H17F17O3S2. The molecule has 22 heteroatoms. The lowest BCUT2D eigenvalue weighted by Gasteiger charge is -2.42. The van der Waals surface area contributed by atoms with Crippen LogP contribution in [0.3, 0.4) is 0 Å². The first-order valence-electron chi connectivity index (χ1n) is 10.2. The highest BCUT2D eigenvalue weighted by Crippen LogP contribution is 2.64. The van der Waals surface area contributed by atoms with Gasteiger partial charge in [-0.15, -0.1) is 0 Å². The summed E-state index contributed by atoms with van der Waals surface area (Å²) in [4.78, 5) is 1.52. The Labute approximate surface area is 223 Å². The van der Waals surface area contributed by atoms with E-state index in [1.807, 2.05) is 0 Å². The fraction of sp³-hybridized carbons (Fsp3) is 0.684.